The second kappa shape index (κ2) is 6.06. The lowest BCUT2D eigenvalue weighted by Gasteiger charge is -2.05. The third-order valence-electron chi connectivity index (χ3n) is 2.36. The van der Waals surface area contributed by atoms with Crippen LogP contribution in [0.2, 0.25) is 0 Å². The maximum Gasteiger partial charge on any atom is 0.352 e. The second-order valence-electron chi connectivity index (χ2n) is 3.53. The topological polar surface area (TPSA) is 42.2 Å². The van der Waals surface area contributed by atoms with Crippen molar-refractivity contribution in [3.8, 4) is 0 Å². The number of hydrogen-bond acceptors (Lipinski definition) is 1. The lowest BCUT2D eigenvalue weighted by Crippen LogP contribution is -2.07. The third kappa shape index (κ3) is 3.62. The minimum Gasteiger partial charge on any atom is -0.477 e. The van der Waals surface area contributed by atoms with Gasteiger partial charge in [0.25, 0.3) is 0 Å². The molecule has 0 saturated heterocycles. The molecule has 0 atom stereocenters. The number of aromatic nitrogens is 1. The van der Waals surface area contributed by atoms with Crippen molar-refractivity contribution in [1.29, 1.82) is 0 Å². The summed E-state index contributed by atoms with van der Waals surface area (Å²) in [5.41, 5.74) is 0.374. The van der Waals surface area contributed by atoms with E-state index in [-0.39, 0.29) is 0 Å². The first-order chi connectivity index (χ1) is 7.25. The number of unbranched alkanes of at least 4 members (excludes halogenated alkanes) is 3. The van der Waals surface area contributed by atoms with Crippen molar-refractivity contribution in [2.45, 2.75) is 32.2 Å². The molecule has 15 heavy (non-hydrogen) atoms. The van der Waals surface area contributed by atoms with Gasteiger partial charge < -0.3 is 9.67 Å². The van der Waals surface area contributed by atoms with Gasteiger partial charge in [0, 0.05) is 12.7 Å². The molecule has 0 aromatic carbocycles. The van der Waals surface area contributed by atoms with Gasteiger partial charge in [-0.15, -0.1) is 6.58 Å². The molecule has 0 fully saturated rings. The van der Waals surface area contributed by atoms with Crippen molar-refractivity contribution in [3.05, 3.63) is 36.7 Å². The molecule has 0 radical (unpaired) electrons. The first kappa shape index (κ1) is 11.6. The van der Waals surface area contributed by atoms with E-state index >= 15 is 0 Å². The highest BCUT2D eigenvalue weighted by molar-refractivity contribution is 5.85. The summed E-state index contributed by atoms with van der Waals surface area (Å²) in [6.07, 6.45) is 8.03. The van der Waals surface area contributed by atoms with E-state index < -0.39 is 5.97 Å². The van der Waals surface area contributed by atoms with Gasteiger partial charge in [0.15, 0.2) is 0 Å². The van der Waals surface area contributed by atoms with Crippen LogP contribution in [0, 0.1) is 0 Å². The molecule has 0 aliphatic heterocycles. The number of carbonyl (C=O) groups is 1. The molecule has 1 heterocycles. The normalized spacial score (nSPS) is 10.1. The van der Waals surface area contributed by atoms with Gasteiger partial charge in [-0.05, 0) is 31.4 Å². The summed E-state index contributed by atoms with van der Waals surface area (Å²) in [6, 6.07) is 3.40. The van der Waals surface area contributed by atoms with Crippen LogP contribution in [0.1, 0.15) is 36.2 Å². The smallest absolute Gasteiger partial charge is 0.352 e. The first-order valence-electron chi connectivity index (χ1n) is 5.25. The Morgan fingerprint density at radius 1 is 1.47 bits per heavy atom. The first-order valence-corrected chi connectivity index (χ1v) is 5.25. The Labute approximate surface area is 90.0 Å². The third-order valence-corrected chi connectivity index (χ3v) is 2.36. The zero-order valence-electron chi connectivity index (χ0n) is 8.85. The number of carboxylic acid groups (broad SMARTS) is 1. The molecular formula is C12H17NO2. The van der Waals surface area contributed by atoms with Crippen molar-refractivity contribution in [3.63, 3.8) is 0 Å². The monoisotopic (exact) mass is 207 g/mol. The molecule has 3 nitrogen and oxygen atoms in total. The summed E-state index contributed by atoms with van der Waals surface area (Å²) >= 11 is 0. The fourth-order valence-electron chi connectivity index (χ4n) is 1.55. The Balaban J connectivity index is 2.34. The lowest BCUT2D eigenvalue weighted by molar-refractivity contribution is 0.0685. The van der Waals surface area contributed by atoms with Crippen LogP contribution in [0.3, 0.4) is 0 Å². The molecule has 1 N–H and O–H groups in total. The molecule has 1 rings (SSSR count). The van der Waals surface area contributed by atoms with Crippen LogP contribution in [0.25, 0.3) is 0 Å². The lowest BCUT2D eigenvalue weighted by atomic mass is 10.2. The van der Waals surface area contributed by atoms with Crippen LogP contribution >= 0.6 is 0 Å². The number of aromatic carboxylic acids is 1. The predicted octanol–water partition coefficient (Wildman–Crippen LogP) is 2.93. The molecule has 0 saturated carbocycles. The molecule has 1 aromatic heterocycles. The molecule has 0 spiro atoms. The van der Waals surface area contributed by atoms with E-state index in [1.165, 1.54) is 0 Å². The summed E-state index contributed by atoms with van der Waals surface area (Å²) in [5, 5.41) is 8.86. The summed E-state index contributed by atoms with van der Waals surface area (Å²) in [4.78, 5) is 10.8. The van der Waals surface area contributed by atoms with Crippen LogP contribution in [0.15, 0.2) is 31.0 Å². The van der Waals surface area contributed by atoms with Gasteiger partial charge in [-0.1, -0.05) is 12.5 Å². The quantitative estimate of drug-likeness (QED) is 0.551. The predicted molar refractivity (Wildman–Crippen MR) is 60.1 cm³/mol. The van der Waals surface area contributed by atoms with Crippen LogP contribution in [0.5, 0.6) is 0 Å². The van der Waals surface area contributed by atoms with E-state index in [0.29, 0.717) is 5.69 Å². The van der Waals surface area contributed by atoms with Crippen molar-refractivity contribution >= 4 is 5.97 Å². The van der Waals surface area contributed by atoms with Gasteiger partial charge in [0.2, 0.25) is 0 Å². The van der Waals surface area contributed by atoms with E-state index in [4.69, 9.17) is 5.11 Å². The van der Waals surface area contributed by atoms with Crippen LogP contribution in [-0.4, -0.2) is 15.6 Å². The fraction of sp³-hybridized carbons (Fsp3) is 0.417. The highest BCUT2D eigenvalue weighted by atomic mass is 16.4. The zero-order chi connectivity index (χ0) is 11.1. The second-order valence-corrected chi connectivity index (χ2v) is 3.53. The van der Waals surface area contributed by atoms with Crippen molar-refractivity contribution in [1.82, 2.24) is 4.57 Å². The van der Waals surface area contributed by atoms with E-state index in [1.54, 1.807) is 16.7 Å². The Kier molecular flexibility index (Phi) is 4.68. The number of aryl methyl sites for hydroxylation is 1. The minimum absolute atomic E-state index is 0.374. The van der Waals surface area contributed by atoms with Gasteiger partial charge in [-0.25, -0.2) is 4.79 Å². The molecule has 0 aliphatic rings. The average Bonchev–Trinajstić information content (AvgIpc) is 2.66. The van der Waals surface area contributed by atoms with Gasteiger partial charge >= 0.3 is 5.97 Å². The molecule has 82 valence electrons. The Morgan fingerprint density at radius 2 is 2.27 bits per heavy atom. The molecule has 0 aliphatic carbocycles. The number of rotatable bonds is 7. The SMILES string of the molecule is C=CCCCCCn1cccc1C(=O)O. The number of nitrogens with zero attached hydrogens (tertiary/aromatic N) is 1. The van der Waals surface area contributed by atoms with Gasteiger partial charge in [-0.3, -0.25) is 0 Å². The van der Waals surface area contributed by atoms with Crippen molar-refractivity contribution < 1.29 is 9.90 Å². The fourth-order valence-corrected chi connectivity index (χ4v) is 1.55. The van der Waals surface area contributed by atoms with Crippen molar-refractivity contribution in [2.24, 2.45) is 0 Å². The van der Waals surface area contributed by atoms with Crippen LogP contribution < -0.4 is 0 Å². The Bertz CT molecular complexity index is 328. The zero-order valence-corrected chi connectivity index (χ0v) is 8.85. The molecule has 0 amide bonds. The highest BCUT2D eigenvalue weighted by Crippen LogP contribution is 2.07. The van der Waals surface area contributed by atoms with Gasteiger partial charge in [-0.2, -0.15) is 0 Å². The Morgan fingerprint density at radius 3 is 2.93 bits per heavy atom. The van der Waals surface area contributed by atoms with Crippen molar-refractivity contribution in [2.75, 3.05) is 0 Å². The molecule has 0 bridgehead atoms. The summed E-state index contributed by atoms with van der Waals surface area (Å²) in [7, 11) is 0. The van der Waals surface area contributed by atoms with E-state index in [0.717, 1.165) is 32.2 Å². The highest BCUT2D eigenvalue weighted by Gasteiger charge is 2.07. The molecular weight excluding hydrogens is 190 g/mol. The number of allylic oxidation sites excluding steroid dienone is 1. The maximum absolute atomic E-state index is 10.8. The van der Waals surface area contributed by atoms with Gasteiger partial charge in [0.05, 0.1) is 0 Å². The number of carboxylic acids is 1. The molecule has 3 heteroatoms. The number of hydrogen-bond donors (Lipinski definition) is 1. The Hall–Kier alpha value is -1.51. The average molecular weight is 207 g/mol. The van der Waals surface area contributed by atoms with E-state index in [2.05, 4.69) is 6.58 Å². The summed E-state index contributed by atoms with van der Waals surface area (Å²) in [6.45, 7) is 4.45. The van der Waals surface area contributed by atoms with Gasteiger partial charge in [0.1, 0.15) is 5.69 Å². The standard InChI is InChI=1S/C12H17NO2/c1-2-3-4-5-6-9-13-10-7-8-11(13)12(14)15/h2,7-8,10H,1,3-6,9H2,(H,14,15). The summed E-state index contributed by atoms with van der Waals surface area (Å²) < 4.78 is 1.79. The minimum atomic E-state index is -0.855. The maximum atomic E-state index is 10.8. The largest absolute Gasteiger partial charge is 0.477 e. The van der Waals surface area contributed by atoms with E-state index in [9.17, 15) is 4.79 Å². The van der Waals surface area contributed by atoms with Crippen LogP contribution in [-0.2, 0) is 6.54 Å². The summed E-state index contributed by atoms with van der Waals surface area (Å²) in [5.74, 6) is -0.855. The molecule has 1 aromatic rings. The van der Waals surface area contributed by atoms with E-state index in [1.807, 2.05) is 12.3 Å². The molecule has 0 unspecified atom stereocenters. The van der Waals surface area contributed by atoms with Crippen LogP contribution in [0.4, 0.5) is 0 Å².